The average molecular weight is 315 g/mol. The molecule has 0 radical (unpaired) electrons. The molecule has 1 amide bonds. The van der Waals surface area contributed by atoms with E-state index in [2.05, 4.69) is 5.10 Å². The number of carbonyl (C=O) groups excluding carboxylic acids is 2. The molecular formula is C16H11F2N3O2. The third-order valence-corrected chi connectivity index (χ3v) is 3.38. The van der Waals surface area contributed by atoms with Crippen molar-refractivity contribution in [3.8, 4) is 5.69 Å². The third kappa shape index (κ3) is 2.80. The summed E-state index contributed by atoms with van der Waals surface area (Å²) in [6.45, 7) is 0. The van der Waals surface area contributed by atoms with E-state index in [0.717, 1.165) is 12.1 Å². The number of amides is 1. The molecule has 0 aliphatic rings. The van der Waals surface area contributed by atoms with Gasteiger partial charge in [0.15, 0.2) is 6.29 Å². The lowest BCUT2D eigenvalue weighted by atomic mass is 10.1. The first-order valence-corrected chi connectivity index (χ1v) is 6.69. The van der Waals surface area contributed by atoms with Crippen LogP contribution in [0.15, 0.2) is 36.5 Å². The predicted molar refractivity (Wildman–Crippen MR) is 79.3 cm³/mol. The first kappa shape index (κ1) is 14.8. The van der Waals surface area contributed by atoms with Gasteiger partial charge < -0.3 is 5.73 Å². The second kappa shape index (κ2) is 5.60. The molecule has 23 heavy (non-hydrogen) atoms. The zero-order valence-electron chi connectivity index (χ0n) is 11.8. The zero-order chi connectivity index (χ0) is 16.6. The van der Waals surface area contributed by atoms with Crippen molar-refractivity contribution >= 4 is 23.1 Å². The summed E-state index contributed by atoms with van der Waals surface area (Å²) >= 11 is 0. The summed E-state index contributed by atoms with van der Waals surface area (Å²) in [5.74, 6) is -1.69. The lowest BCUT2D eigenvalue weighted by Gasteiger charge is -2.04. The quantitative estimate of drug-likeness (QED) is 0.749. The Morgan fingerprint density at radius 3 is 2.70 bits per heavy atom. The van der Waals surface area contributed by atoms with Gasteiger partial charge in [0.25, 0.3) is 0 Å². The average Bonchev–Trinajstić information content (AvgIpc) is 2.90. The van der Waals surface area contributed by atoms with Gasteiger partial charge in [-0.2, -0.15) is 5.10 Å². The fourth-order valence-corrected chi connectivity index (χ4v) is 2.43. The highest BCUT2D eigenvalue weighted by Gasteiger charge is 2.14. The fourth-order valence-electron chi connectivity index (χ4n) is 2.43. The molecule has 2 aromatic carbocycles. The molecule has 0 spiro atoms. The van der Waals surface area contributed by atoms with Gasteiger partial charge in [-0.3, -0.25) is 9.59 Å². The summed E-state index contributed by atoms with van der Waals surface area (Å²) in [5, 5.41) is 4.66. The number of primary amides is 1. The standard InChI is InChI=1S/C16H11F2N3O2/c17-12-2-1-9(8-22)14(6-12)21-7-11-4-13(18)3-10(5-15(19)23)16(11)20-21/h1-4,6-8H,5H2,(H2,19,23). The van der Waals surface area contributed by atoms with Crippen LogP contribution in [-0.2, 0) is 11.2 Å². The molecule has 0 aliphatic heterocycles. The van der Waals surface area contributed by atoms with Crippen LogP contribution in [0.5, 0.6) is 0 Å². The lowest BCUT2D eigenvalue weighted by Crippen LogP contribution is -2.14. The van der Waals surface area contributed by atoms with Crippen LogP contribution >= 0.6 is 0 Å². The van der Waals surface area contributed by atoms with E-state index in [9.17, 15) is 18.4 Å². The molecule has 0 aliphatic carbocycles. The van der Waals surface area contributed by atoms with Gasteiger partial charge >= 0.3 is 0 Å². The normalized spacial score (nSPS) is 10.9. The summed E-state index contributed by atoms with van der Waals surface area (Å²) in [4.78, 5) is 22.2. The number of fused-ring (bicyclic) bond motifs is 1. The smallest absolute Gasteiger partial charge is 0.221 e. The molecule has 5 nitrogen and oxygen atoms in total. The lowest BCUT2D eigenvalue weighted by molar-refractivity contribution is -0.117. The van der Waals surface area contributed by atoms with Crippen molar-refractivity contribution in [3.05, 3.63) is 59.3 Å². The molecule has 1 heterocycles. The maximum Gasteiger partial charge on any atom is 0.221 e. The maximum absolute atomic E-state index is 13.7. The van der Waals surface area contributed by atoms with E-state index < -0.39 is 17.5 Å². The van der Waals surface area contributed by atoms with E-state index in [1.807, 2.05) is 0 Å². The van der Waals surface area contributed by atoms with Gasteiger partial charge in [-0.25, -0.2) is 13.5 Å². The zero-order valence-corrected chi connectivity index (χ0v) is 11.8. The minimum atomic E-state index is -0.620. The minimum Gasteiger partial charge on any atom is -0.369 e. The number of benzene rings is 2. The topological polar surface area (TPSA) is 78.0 Å². The molecule has 3 rings (SSSR count). The van der Waals surface area contributed by atoms with Crippen LogP contribution in [0.4, 0.5) is 8.78 Å². The largest absolute Gasteiger partial charge is 0.369 e. The van der Waals surface area contributed by atoms with Crippen LogP contribution in [0.2, 0.25) is 0 Å². The van der Waals surface area contributed by atoms with Gasteiger partial charge in [0.2, 0.25) is 5.91 Å². The second-order valence-electron chi connectivity index (χ2n) is 5.04. The van der Waals surface area contributed by atoms with E-state index in [-0.39, 0.29) is 17.7 Å². The SMILES string of the molecule is NC(=O)Cc1cc(F)cc2cn(-c3cc(F)ccc3C=O)nc12. The molecule has 0 fully saturated rings. The van der Waals surface area contributed by atoms with Gasteiger partial charge in [-0.1, -0.05) is 0 Å². The monoisotopic (exact) mass is 315 g/mol. The minimum absolute atomic E-state index is 0.172. The predicted octanol–water partition coefficient (Wildman–Crippen LogP) is 2.14. The van der Waals surface area contributed by atoms with Crippen molar-refractivity contribution < 1.29 is 18.4 Å². The summed E-state index contributed by atoms with van der Waals surface area (Å²) in [7, 11) is 0. The third-order valence-electron chi connectivity index (χ3n) is 3.38. The first-order valence-electron chi connectivity index (χ1n) is 6.69. The Morgan fingerprint density at radius 2 is 2.00 bits per heavy atom. The molecular weight excluding hydrogens is 304 g/mol. The van der Waals surface area contributed by atoms with Crippen LogP contribution in [0, 0.1) is 11.6 Å². The van der Waals surface area contributed by atoms with Gasteiger partial charge in [0.1, 0.15) is 11.6 Å². The van der Waals surface area contributed by atoms with Crippen molar-refractivity contribution in [2.75, 3.05) is 0 Å². The summed E-state index contributed by atoms with van der Waals surface area (Å²) in [5.41, 5.74) is 6.31. The van der Waals surface area contributed by atoms with Gasteiger partial charge in [-0.05, 0) is 29.8 Å². The summed E-state index contributed by atoms with van der Waals surface area (Å²) < 4.78 is 28.4. The Labute approximate surface area is 129 Å². The van der Waals surface area contributed by atoms with Crippen LogP contribution in [0.1, 0.15) is 15.9 Å². The number of nitrogens with two attached hydrogens (primary N) is 1. The molecule has 3 aromatic rings. The van der Waals surface area contributed by atoms with Gasteiger partial charge in [0, 0.05) is 23.2 Å². The number of hydrogen-bond acceptors (Lipinski definition) is 3. The van der Waals surface area contributed by atoms with E-state index >= 15 is 0 Å². The summed E-state index contributed by atoms with van der Waals surface area (Å²) in [6, 6.07) is 6.06. The highest BCUT2D eigenvalue weighted by atomic mass is 19.1. The van der Waals surface area contributed by atoms with Gasteiger partial charge in [0.05, 0.1) is 17.6 Å². The number of nitrogens with zero attached hydrogens (tertiary/aromatic N) is 2. The van der Waals surface area contributed by atoms with Crippen LogP contribution < -0.4 is 5.73 Å². The Hall–Kier alpha value is -3.09. The number of aldehydes is 1. The second-order valence-corrected chi connectivity index (χ2v) is 5.04. The van der Waals surface area contributed by atoms with Crippen molar-refractivity contribution in [2.45, 2.75) is 6.42 Å². The number of halogens is 2. The molecule has 0 unspecified atom stereocenters. The summed E-state index contributed by atoms with van der Waals surface area (Å²) in [6.07, 6.45) is 1.87. The van der Waals surface area contributed by atoms with Crippen LogP contribution in [-0.4, -0.2) is 22.0 Å². The molecule has 0 saturated carbocycles. The van der Waals surface area contributed by atoms with Crippen molar-refractivity contribution in [2.24, 2.45) is 5.73 Å². The molecule has 116 valence electrons. The van der Waals surface area contributed by atoms with Crippen molar-refractivity contribution in [1.29, 1.82) is 0 Å². The Morgan fingerprint density at radius 1 is 1.22 bits per heavy atom. The highest BCUT2D eigenvalue weighted by molar-refractivity contribution is 5.88. The van der Waals surface area contributed by atoms with E-state index in [1.165, 1.54) is 29.1 Å². The maximum atomic E-state index is 13.7. The Bertz CT molecular complexity index is 934. The van der Waals surface area contributed by atoms with Crippen molar-refractivity contribution in [1.82, 2.24) is 9.78 Å². The molecule has 0 saturated heterocycles. The molecule has 7 heteroatoms. The van der Waals surface area contributed by atoms with E-state index in [1.54, 1.807) is 0 Å². The number of hydrogen-bond donors (Lipinski definition) is 1. The number of aromatic nitrogens is 2. The van der Waals surface area contributed by atoms with E-state index in [4.69, 9.17) is 5.73 Å². The van der Waals surface area contributed by atoms with E-state index in [0.29, 0.717) is 22.8 Å². The number of carbonyl (C=O) groups is 2. The van der Waals surface area contributed by atoms with Crippen LogP contribution in [0.25, 0.3) is 16.6 Å². The molecule has 0 bridgehead atoms. The molecule has 0 atom stereocenters. The number of rotatable bonds is 4. The molecule has 2 N–H and O–H groups in total. The van der Waals surface area contributed by atoms with Crippen LogP contribution in [0.3, 0.4) is 0 Å². The Balaban J connectivity index is 2.23. The van der Waals surface area contributed by atoms with Gasteiger partial charge in [-0.15, -0.1) is 0 Å². The molecule has 1 aromatic heterocycles. The fraction of sp³-hybridized carbons (Fsp3) is 0.0625. The Kier molecular flexibility index (Phi) is 3.61. The first-order chi connectivity index (χ1) is 11.0. The van der Waals surface area contributed by atoms with Crippen molar-refractivity contribution in [3.63, 3.8) is 0 Å². The highest BCUT2D eigenvalue weighted by Crippen LogP contribution is 2.23.